The molecule has 0 unspecified atom stereocenters. The summed E-state index contributed by atoms with van der Waals surface area (Å²) in [7, 11) is 0. The van der Waals surface area contributed by atoms with E-state index < -0.39 is 5.97 Å². The molecule has 0 saturated heterocycles. The van der Waals surface area contributed by atoms with E-state index in [1.165, 1.54) is 0 Å². The van der Waals surface area contributed by atoms with Crippen molar-refractivity contribution in [2.75, 3.05) is 6.54 Å². The Bertz CT molecular complexity index is 359. The van der Waals surface area contributed by atoms with Gasteiger partial charge in [0, 0.05) is 0 Å². The summed E-state index contributed by atoms with van der Waals surface area (Å²) in [5.41, 5.74) is 8.24. The first-order chi connectivity index (χ1) is 6.56. The van der Waals surface area contributed by atoms with Gasteiger partial charge >= 0.3 is 5.97 Å². The van der Waals surface area contributed by atoms with Crippen LogP contribution in [0.15, 0.2) is 12.1 Å². The van der Waals surface area contributed by atoms with Crippen LogP contribution >= 0.6 is 0 Å². The largest absolute Gasteiger partial charge is 0.425 e. The van der Waals surface area contributed by atoms with E-state index in [1.54, 1.807) is 0 Å². The van der Waals surface area contributed by atoms with Gasteiger partial charge in [0.1, 0.15) is 5.75 Å². The zero-order valence-electron chi connectivity index (χ0n) is 8.76. The van der Waals surface area contributed by atoms with Crippen LogP contribution in [0.1, 0.15) is 16.7 Å². The van der Waals surface area contributed by atoms with Crippen LogP contribution < -0.4 is 10.5 Å². The number of carbonyl (C=O) groups excluding carboxylic acids is 1. The van der Waals surface area contributed by atoms with Crippen LogP contribution in [0.5, 0.6) is 5.75 Å². The molecule has 0 aliphatic carbocycles. The average molecular weight is 193 g/mol. The molecule has 0 saturated carbocycles. The number of benzene rings is 1. The SMILES string of the molecule is Cc1ccc(C)c(OC(=O)CN)c1C. The number of esters is 1. The van der Waals surface area contributed by atoms with Crippen LogP contribution in [0.3, 0.4) is 0 Å². The lowest BCUT2D eigenvalue weighted by atomic mass is 10.1. The zero-order valence-corrected chi connectivity index (χ0v) is 8.76. The van der Waals surface area contributed by atoms with Crippen molar-refractivity contribution in [1.82, 2.24) is 0 Å². The number of aryl methyl sites for hydroxylation is 2. The van der Waals surface area contributed by atoms with Crippen molar-refractivity contribution in [3.8, 4) is 5.75 Å². The summed E-state index contributed by atoms with van der Waals surface area (Å²) >= 11 is 0. The van der Waals surface area contributed by atoms with Gasteiger partial charge in [0.15, 0.2) is 0 Å². The normalized spacial score (nSPS) is 10.0. The highest BCUT2D eigenvalue weighted by molar-refractivity contribution is 5.75. The zero-order chi connectivity index (χ0) is 10.7. The van der Waals surface area contributed by atoms with Crippen molar-refractivity contribution >= 4 is 5.97 Å². The third-order valence-corrected chi connectivity index (χ3v) is 2.26. The monoisotopic (exact) mass is 193 g/mol. The molecule has 3 heteroatoms. The predicted molar refractivity (Wildman–Crippen MR) is 55.3 cm³/mol. The number of nitrogens with two attached hydrogens (primary N) is 1. The van der Waals surface area contributed by atoms with E-state index in [0.29, 0.717) is 5.75 Å². The van der Waals surface area contributed by atoms with Crippen molar-refractivity contribution < 1.29 is 9.53 Å². The number of hydrogen-bond acceptors (Lipinski definition) is 3. The second kappa shape index (κ2) is 4.24. The maximum absolute atomic E-state index is 11.0. The average Bonchev–Trinajstić information content (AvgIpc) is 2.18. The number of hydrogen-bond donors (Lipinski definition) is 1. The van der Waals surface area contributed by atoms with Crippen LogP contribution in [-0.2, 0) is 4.79 Å². The van der Waals surface area contributed by atoms with Crippen LogP contribution in [0.25, 0.3) is 0 Å². The van der Waals surface area contributed by atoms with Crippen LogP contribution in [0, 0.1) is 20.8 Å². The summed E-state index contributed by atoms with van der Waals surface area (Å²) in [6.45, 7) is 5.73. The fourth-order valence-electron chi connectivity index (χ4n) is 1.24. The first kappa shape index (κ1) is 10.7. The number of rotatable bonds is 2. The maximum Gasteiger partial charge on any atom is 0.325 e. The summed E-state index contributed by atoms with van der Waals surface area (Å²) in [4.78, 5) is 11.0. The van der Waals surface area contributed by atoms with Gasteiger partial charge in [0.25, 0.3) is 0 Å². The molecule has 14 heavy (non-hydrogen) atoms. The smallest absolute Gasteiger partial charge is 0.325 e. The molecule has 0 heterocycles. The van der Waals surface area contributed by atoms with E-state index in [0.717, 1.165) is 16.7 Å². The highest BCUT2D eigenvalue weighted by Crippen LogP contribution is 2.25. The Morgan fingerprint density at radius 2 is 1.86 bits per heavy atom. The Morgan fingerprint density at radius 3 is 2.43 bits per heavy atom. The molecule has 0 atom stereocenters. The lowest BCUT2D eigenvalue weighted by molar-refractivity contribution is -0.132. The van der Waals surface area contributed by atoms with Gasteiger partial charge in [-0.05, 0) is 37.5 Å². The van der Waals surface area contributed by atoms with E-state index in [9.17, 15) is 4.79 Å². The molecular formula is C11H15NO2. The minimum atomic E-state index is -0.401. The molecule has 1 aromatic rings. The molecule has 0 fully saturated rings. The Morgan fingerprint density at radius 1 is 1.29 bits per heavy atom. The van der Waals surface area contributed by atoms with Gasteiger partial charge in [0.2, 0.25) is 0 Å². The van der Waals surface area contributed by atoms with E-state index in [2.05, 4.69) is 0 Å². The van der Waals surface area contributed by atoms with Crippen molar-refractivity contribution in [3.05, 3.63) is 28.8 Å². The van der Waals surface area contributed by atoms with Gasteiger partial charge in [-0.2, -0.15) is 0 Å². The summed E-state index contributed by atoms with van der Waals surface area (Å²) < 4.78 is 5.14. The predicted octanol–water partition coefficient (Wildman–Crippen LogP) is 1.48. The Labute approximate surface area is 83.9 Å². The minimum absolute atomic E-state index is 0.0905. The van der Waals surface area contributed by atoms with Gasteiger partial charge in [0.05, 0.1) is 6.54 Å². The topological polar surface area (TPSA) is 52.3 Å². The number of ether oxygens (including phenoxy) is 1. The minimum Gasteiger partial charge on any atom is -0.425 e. The second-order valence-electron chi connectivity index (χ2n) is 3.33. The molecule has 0 amide bonds. The molecule has 0 spiro atoms. The van der Waals surface area contributed by atoms with E-state index in [4.69, 9.17) is 10.5 Å². The Balaban J connectivity index is 3.06. The quantitative estimate of drug-likeness (QED) is 0.571. The van der Waals surface area contributed by atoms with E-state index >= 15 is 0 Å². The van der Waals surface area contributed by atoms with Gasteiger partial charge < -0.3 is 10.5 Å². The number of carbonyl (C=O) groups is 1. The standard InChI is InChI=1S/C11H15NO2/c1-7-4-5-8(2)11(9(7)3)14-10(13)6-12/h4-5H,6,12H2,1-3H3. The van der Waals surface area contributed by atoms with Gasteiger partial charge in [-0.15, -0.1) is 0 Å². The molecule has 76 valence electrons. The molecule has 0 bridgehead atoms. The maximum atomic E-state index is 11.0. The molecular weight excluding hydrogens is 178 g/mol. The second-order valence-corrected chi connectivity index (χ2v) is 3.33. The van der Waals surface area contributed by atoms with Gasteiger partial charge in [-0.1, -0.05) is 12.1 Å². The third-order valence-electron chi connectivity index (χ3n) is 2.26. The van der Waals surface area contributed by atoms with Crippen LogP contribution in [0.4, 0.5) is 0 Å². The summed E-state index contributed by atoms with van der Waals surface area (Å²) in [6, 6.07) is 3.94. The van der Waals surface area contributed by atoms with Crippen molar-refractivity contribution in [2.24, 2.45) is 5.73 Å². The van der Waals surface area contributed by atoms with Crippen LogP contribution in [-0.4, -0.2) is 12.5 Å². The van der Waals surface area contributed by atoms with Crippen LogP contribution in [0.2, 0.25) is 0 Å². The van der Waals surface area contributed by atoms with Crippen molar-refractivity contribution in [2.45, 2.75) is 20.8 Å². The van der Waals surface area contributed by atoms with Crippen molar-refractivity contribution in [3.63, 3.8) is 0 Å². The Hall–Kier alpha value is -1.35. The lowest BCUT2D eigenvalue weighted by Gasteiger charge is -2.11. The highest BCUT2D eigenvalue weighted by atomic mass is 16.5. The Kier molecular flexibility index (Phi) is 3.25. The molecule has 0 radical (unpaired) electrons. The molecule has 0 aliphatic heterocycles. The van der Waals surface area contributed by atoms with E-state index in [-0.39, 0.29) is 6.54 Å². The van der Waals surface area contributed by atoms with E-state index in [1.807, 2.05) is 32.9 Å². The van der Waals surface area contributed by atoms with Crippen molar-refractivity contribution in [1.29, 1.82) is 0 Å². The lowest BCUT2D eigenvalue weighted by Crippen LogP contribution is -2.20. The molecule has 3 nitrogen and oxygen atoms in total. The molecule has 1 rings (SSSR count). The van der Waals surface area contributed by atoms with Gasteiger partial charge in [-0.25, -0.2) is 0 Å². The summed E-state index contributed by atoms with van der Waals surface area (Å²) in [6.07, 6.45) is 0. The fourth-order valence-corrected chi connectivity index (χ4v) is 1.24. The molecule has 2 N–H and O–H groups in total. The highest BCUT2D eigenvalue weighted by Gasteiger charge is 2.09. The molecule has 1 aromatic carbocycles. The van der Waals surface area contributed by atoms with Gasteiger partial charge in [-0.3, -0.25) is 4.79 Å². The summed E-state index contributed by atoms with van der Waals surface area (Å²) in [5, 5.41) is 0. The molecule has 0 aromatic heterocycles. The third kappa shape index (κ3) is 2.12. The molecule has 0 aliphatic rings. The first-order valence-electron chi connectivity index (χ1n) is 4.53. The fraction of sp³-hybridized carbons (Fsp3) is 0.364. The first-order valence-corrected chi connectivity index (χ1v) is 4.53. The summed E-state index contributed by atoms with van der Waals surface area (Å²) in [5.74, 6) is 0.238.